The van der Waals surface area contributed by atoms with Crippen LogP contribution in [-0.4, -0.2) is 84.2 Å². The Morgan fingerprint density at radius 1 is 0.964 bits per heavy atom. The van der Waals surface area contributed by atoms with E-state index in [1.807, 2.05) is 13.0 Å². The number of aliphatic carboxylic acids is 1. The molecule has 0 aromatic carbocycles. The topological polar surface area (TPSA) is 122 Å². The lowest BCUT2D eigenvalue weighted by molar-refractivity contribution is -0.212. The zero-order valence-corrected chi connectivity index (χ0v) is 35.2. The molecule has 8 rings (SSSR count). The van der Waals surface area contributed by atoms with Crippen molar-refractivity contribution in [3.8, 4) is 6.01 Å². The molecule has 0 radical (unpaired) electrons. The van der Waals surface area contributed by atoms with Gasteiger partial charge in [-0.2, -0.15) is 0 Å². The van der Waals surface area contributed by atoms with Crippen LogP contribution < -0.4 is 10.1 Å². The van der Waals surface area contributed by atoms with Crippen LogP contribution in [0, 0.1) is 58.2 Å². The molecule has 304 valence electrons. The number of rotatable bonds is 10. The van der Waals surface area contributed by atoms with E-state index in [9.17, 15) is 18.3 Å². The van der Waals surface area contributed by atoms with Gasteiger partial charge in [-0.3, -0.25) is 4.79 Å². The molecule has 0 bridgehead atoms. The molecular weight excluding hydrogens is 709 g/mol. The maximum Gasteiger partial charge on any atom is 0.316 e. The van der Waals surface area contributed by atoms with E-state index in [1.54, 1.807) is 6.20 Å². The number of allylic oxidation sites excluding steroid dienone is 4. The van der Waals surface area contributed by atoms with Crippen molar-refractivity contribution in [1.29, 1.82) is 0 Å². The van der Waals surface area contributed by atoms with Crippen molar-refractivity contribution >= 4 is 15.8 Å². The molecular formula is C45H68N4O5S. The number of nitrogens with zero attached hydrogens (tertiary/aromatic N) is 3. The number of carbonyl (C=O) groups is 1. The third-order valence-electron chi connectivity index (χ3n) is 17.9. The minimum atomic E-state index is -2.84. The summed E-state index contributed by atoms with van der Waals surface area (Å²) in [5.41, 5.74) is 4.12. The number of hydrogen-bond acceptors (Lipinski definition) is 8. The molecule has 10 atom stereocenters. The first-order valence-electron chi connectivity index (χ1n) is 21.9. The van der Waals surface area contributed by atoms with Gasteiger partial charge >= 0.3 is 12.0 Å². The van der Waals surface area contributed by atoms with Gasteiger partial charge in [0.15, 0.2) is 9.84 Å². The van der Waals surface area contributed by atoms with Crippen LogP contribution in [0.2, 0.25) is 0 Å². The number of carboxylic acids is 1. The third kappa shape index (κ3) is 6.73. The van der Waals surface area contributed by atoms with Crippen LogP contribution >= 0.6 is 0 Å². The molecule has 0 spiro atoms. The monoisotopic (exact) mass is 776 g/mol. The molecule has 10 heteroatoms. The maximum absolute atomic E-state index is 12.7. The SMILES string of the molecule is Cc1ccnc(OCCC2(C(=O)O)CC=C(C3=CCC4(C)C(CCC5(C)C4CCC4[C@H]6CCC[C@]6(NCCN6CCS(=O)(=O)CC6)CC[C@]45C)C3C)CC2)n1. The van der Waals surface area contributed by atoms with Gasteiger partial charge in [0, 0.05) is 43.6 Å². The van der Waals surface area contributed by atoms with E-state index < -0.39 is 21.2 Å². The summed E-state index contributed by atoms with van der Waals surface area (Å²) in [5, 5.41) is 14.6. The fourth-order valence-electron chi connectivity index (χ4n) is 14.5. The van der Waals surface area contributed by atoms with E-state index >= 15 is 0 Å². The molecule has 4 saturated carbocycles. The van der Waals surface area contributed by atoms with Crippen molar-refractivity contribution < 1.29 is 23.1 Å². The molecule has 1 saturated heterocycles. The number of ether oxygens (including phenoxy) is 1. The van der Waals surface area contributed by atoms with Gasteiger partial charge < -0.3 is 20.1 Å². The smallest absolute Gasteiger partial charge is 0.316 e. The normalized spacial score (nSPS) is 42.5. The molecule has 55 heavy (non-hydrogen) atoms. The summed E-state index contributed by atoms with van der Waals surface area (Å²) < 4.78 is 29.8. The average molecular weight is 777 g/mol. The average Bonchev–Trinajstić information content (AvgIpc) is 3.57. The number of aryl methyl sites for hydroxylation is 1. The number of carboxylic acid groups (broad SMARTS) is 1. The van der Waals surface area contributed by atoms with Gasteiger partial charge in [-0.15, -0.1) is 0 Å². The van der Waals surface area contributed by atoms with Gasteiger partial charge in [0.25, 0.3) is 0 Å². The van der Waals surface area contributed by atoms with Gasteiger partial charge in [0.1, 0.15) is 0 Å². The second kappa shape index (κ2) is 14.5. The Kier molecular flexibility index (Phi) is 10.4. The van der Waals surface area contributed by atoms with Crippen LogP contribution in [0.25, 0.3) is 0 Å². The van der Waals surface area contributed by atoms with E-state index in [0.717, 1.165) is 49.4 Å². The molecule has 7 aliphatic rings. The van der Waals surface area contributed by atoms with Crippen LogP contribution in [0.15, 0.2) is 35.6 Å². The van der Waals surface area contributed by atoms with Gasteiger partial charge in [-0.25, -0.2) is 18.4 Å². The lowest BCUT2D eigenvalue weighted by Gasteiger charge is -2.71. The van der Waals surface area contributed by atoms with Crippen molar-refractivity contribution in [1.82, 2.24) is 20.2 Å². The summed E-state index contributed by atoms with van der Waals surface area (Å²) in [4.78, 5) is 23.6. The van der Waals surface area contributed by atoms with Crippen molar-refractivity contribution in [2.24, 2.45) is 51.2 Å². The summed E-state index contributed by atoms with van der Waals surface area (Å²) in [6, 6.07) is 2.14. The fourth-order valence-corrected chi connectivity index (χ4v) is 15.8. The highest BCUT2D eigenvalue weighted by molar-refractivity contribution is 7.91. The van der Waals surface area contributed by atoms with Crippen LogP contribution in [0.1, 0.15) is 123 Å². The lowest BCUT2D eigenvalue weighted by atomic mass is 9.34. The molecule has 1 aromatic rings. The third-order valence-corrected chi connectivity index (χ3v) is 19.5. The summed E-state index contributed by atoms with van der Waals surface area (Å²) in [7, 11) is -2.84. The van der Waals surface area contributed by atoms with Gasteiger partial charge in [-0.1, -0.05) is 46.3 Å². The second-order valence-electron chi connectivity index (χ2n) is 20.0. The molecule has 1 aromatic heterocycles. The largest absolute Gasteiger partial charge is 0.481 e. The number of nitrogens with one attached hydrogen (secondary N) is 1. The highest BCUT2D eigenvalue weighted by Crippen LogP contribution is 2.75. The van der Waals surface area contributed by atoms with Crippen LogP contribution in [-0.2, 0) is 14.6 Å². The Morgan fingerprint density at radius 2 is 1.76 bits per heavy atom. The Balaban J connectivity index is 0.939. The van der Waals surface area contributed by atoms with Gasteiger partial charge in [0.05, 0.1) is 23.5 Å². The number of hydrogen-bond donors (Lipinski definition) is 2. The fraction of sp³-hybridized carbons (Fsp3) is 0.800. The van der Waals surface area contributed by atoms with Gasteiger partial charge in [-0.05, 0) is 153 Å². The van der Waals surface area contributed by atoms with E-state index in [4.69, 9.17) is 4.74 Å². The number of fused-ring (bicyclic) bond motifs is 7. The molecule has 9 nitrogen and oxygen atoms in total. The van der Waals surface area contributed by atoms with Crippen LogP contribution in [0.5, 0.6) is 6.01 Å². The zero-order chi connectivity index (χ0) is 38.9. The van der Waals surface area contributed by atoms with E-state index in [0.29, 0.717) is 79.1 Å². The van der Waals surface area contributed by atoms with Crippen molar-refractivity contribution in [2.75, 3.05) is 44.3 Å². The minimum Gasteiger partial charge on any atom is -0.481 e. The number of aromatic nitrogens is 2. The van der Waals surface area contributed by atoms with Gasteiger partial charge in [0.2, 0.25) is 0 Å². The first-order chi connectivity index (χ1) is 26.1. The molecule has 5 fully saturated rings. The number of sulfone groups is 1. The highest BCUT2D eigenvalue weighted by Gasteiger charge is 2.68. The maximum atomic E-state index is 12.7. The summed E-state index contributed by atoms with van der Waals surface area (Å²) in [6.45, 7) is 16.1. The molecule has 0 amide bonds. The Hall–Kier alpha value is -2.30. The van der Waals surface area contributed by atoms with Crippen molar-refractivity contribution in [2.45, 2.75) is 130 Å². The highest BCUT2D eigenvalue weighted by atomic mass is 32.2. The summed E-state index contributed by atoms with van der Waals surface area (Å²) >= 11 is 0. The Labute approximate surface area is 330 Å². The first kappa shape index (κ1) is 39.5. The molecule has 6 aliphatic carbocycles. The zero-order valence-electron chi connectivity index (χ0n) is 34.4. The predicted molar refractivity (Wildman–Crippen MR) is 216 cm³/mol. The quantitative estimate of drug-likeness (QED) is 0.245. The minimum absolute atomic E-state index is 0.252. The predicted octanol–water partition coefficient (Wildman–Crippen LogP) is 7.81. The van der Waals surface area contributed by atoms with E-state index in [2.05, 4.69) is 60.0 Å². The van der Waals surface area contributed by atoms with Crippen molar-refractivity contribution in [3.63, 3.8) is 0 Å². The molecule has 7 unspecified atom stereocenters. The molecule has 1 aliphatic heterocycles. The van der Waals surface area contributed by atoms with E-state index in [1.165, 1.54) is 68.9 Å². The van der Waals surface area contributed by atoms with Crippen LogP contribution in [0.4, 0.5) is 0 Å². The van der Waals surface area contributed by atoms with Crippen molar-refractivity contribution in [3.05, 3.63) is 41.3 Å². The standard InChI is InChI=1S/C45H68N4O5S/c1-31-14-23-46-40(48-31)54-28-22-44(39(50)51)18-10-33(11-19-44)34-12-16-41(3)35(32(34)2)13-17-43(5)38(41)9-8-36-37-7-6-15-45(37,21-20-42(36,43)4)47-24-25-49-26-29-55(52,53)30-27-49/h10,12,14,23,32,35-38,47H,6-9,11,13,15-22,24-30H2,1-5H3,(H,50,51)/t32?,35?,36?,37-,38?,41?,42-,43?,44?,45+/m1/s1. The lowest BCUT2D eigenvalue weighted by Crippen LogP contribution is -2.67. The molecule has 2 heterocycles. The first-order valence-corrected chi connectivity index (χ1v) is 23.7. The molecule has 2 N–H and O–H groups in total. The summed E-state index contributed by atoms with van der Waals surface area (Å²) in [5.74, 6) is 3.26. The Bertz CT molecular complexity index is 1800. The van der Waals surface area contributed by atoms with E-state index in [-0.39, 0.29) is 11.0 Å². The Morgan fingerprint density at radius 3 is 2.49 bits per heavy atom. The second-order valence-corrected chi connectivity index (χ2v) is 22.4. The van der Waals surface area contributed by atoms with Crippen LogP contribution in [0.3, 0.4) is 0 Å². The summed E-state index contributed by atoms with van der Waals surface area (Å²) in [6.07, 6.45) is 22.0.